The Labute approximate surface area is 269 Å². The van der Waals surface area contributed by atoms with E-state index in [0.717, 1.165) is 38.5 Å². The molecule has 2 N–H and O–H groups in total. The molecule has 1 unspecified atom stereocenters. The van der Waals surface area contributed by atoms with Crippen LogP contribution in [0.3, 0.4) is 0 Å². The molecule has 0 bridgehead atoms. The summed E-state index contributed by atoms with van der Waals surface area (Å²) >= 11 is 0. The fourth-order valence-electron chi connectivity index (χ4n) is 5.30. The molecule has 0 aromatic rings. The van der Waals surface area contributed by atoms with Crippen LogP contribution in [0, 0.1) is 0 Å². The van der Waals surface area contributed by atoms with Gasteiger partial charge in [-0.15, -0.1) is 0 Å². The van der Waals surface area contributed by atoms with E-state index < -0.39 is 0 Å². The molecule has 0 heterocycles. The molecule has 0 aliphatic carbocycles. The van der Waals surface area contributed by atoms with Crippen LogP contribution in [-0.2, 0) is 9.53 Å². The Bertz CT molecular complexity index is 678. The minimum Gasteiger partial charge on any atom is -0.462 e. The molecule has 0 aliphatic heterocycles. The normalized spacial score (nSPS) is 12.9. The summed E-state index contributed by atoms with van der Waals surface area (Å²) in [6.45, 7) is 5.07. The maximum Gasteiger partial charge on any atom is 0.306 e. The molecule has 250 valence electrons. The van der Waals surface area contributed by atoms with E-state index in [1.807, 2.05) is 0 Å². The van der Waals surface area contributed by atoms with Crippen molar-refractivity contribution in [2.75, 3.05) is 6.54 Å². The number of ether oxygens (including phenoxy) is 1. The van der Waals surface area contributed by atoms with E-state index in [0.29, 0.717) is 13.0 Å². The first-order valence-corrected chi connectivity index (χ1v) is 18.7. The second-order valence-corrected chi connectivity index (χ2v) is 12.4. The average molecular weight is 600 g/mol. The monoisotopic (exact) mass is 600 g/mol. The quantitative estimate of drug-likeness (QED) is 0.0464. The summed E-state index contributed by atoms with van der Waals surface area (Å²) < 4.78 is 5.87. The molecule has 43 heavy (non-hydrogen) atoms. The van der Waals surface area contributed by atoms with Crippen LogP contribution in [0.5, 0.6) is 0 Å². The summed E-state index contributed by atoms with van der Waals surface area (Å²) in [5, 5.41) is 0. The Morgan fingerprint density at radius 1 is 0.512 bits per heavy atom. The van der Waals surface area contributed by atoms with Crippen molar-refractivity contribution in [2.24, 2.45) is 5.73 Å². The molecule has 0 aromatic carbocycles. The average Bonchev–Trinajstić information content (AvgIpc) is 3.01. The zero-order valence-corrected chi connectivity index (χ0v) is 28.9. The Morgan fingerprint density at radius 2 is 0.884 bits per heavy atom. The van der Waals surface area contributed by atoms with Gasteiger partial charge in [0.1, 0.15) is 6.10 Å². The maximum absolute atomic E-state index is 12.2. The number of esters is 1. The molecular formula is C40H73NO2. The molecule has 3 heteroatoms. The molecule has 3 nitrogen and oxygen atoms in total. The third-order valence-electron chi connectivity index (χ3n) is 8.09. The molecule has 0 radical (unpaired) electrons. The summed E-state index contributed by atoms with van der Waals surface area (Å²) in [6, 6.07) is 0. The van der Waals surface area contributed by atoms with Crippen LogP contribution >= 0.6 is 0 Å². The van der Waals surface area contributed by atoms with Gasteiger partial charge >= 0.3 is 5.97 Å². The summed E-state index contributed by atoms with van der Waals surface area (Å²) in [6.07, 6.45) is 50.8. The van der Waals surface area contributed by atoms with Crippen LogP contribution in [0.1, 0.15) is 187 Å². The van der Waals surface area contributed by atoms with Gasteiger partial charge in [0.25, 0.3) is 0 Å². The Hall–Kier alpha value is -1.61. The van der Waals surface area contributed by atoms with E-state index in [4.69, 9.17) is 10.5 Å². The SMILES string of the molecule is CCCCC/C=C\C/C=C\CCCCCCCCC(CCCCCCC/C=C\C/C=C\CCCCC)OC(=O)CCCN. The number of unbranched alkanes of at least 4 members (excludes halogenated alkanes) is 17. The van der Waals surface area contributed by atoms with Crippen molar-refractivity contribution in [3.8, 4) is 0 Å². The number of hydrogen-bond donors (Lipinski definition) is 1. The Balaban J connectivity index is 3.90. The predicted octanol–water partition coefficient (Wildman–Crippen LogP) is 12.7. The fourth-order valence-corrected chi connectivity index (χ4v) is 5.30. The van der Waals surface area contributed by atoms with Gasteiger partial charge in [0.05, 0.1) is 0 Å². The smallest absolute Gasteiger partial charge is 0.306 e. The summed E-state index contributed by atoms with van der Waals surface area (Å²) in [7, 11) is 0. The number of allylic oxidation sites excluding steroid dienone is 8. The highest BCUT2D eigenvalue weighted by atomic mass is 16.5. The second kappa shape index (κ2) is 36.6. The number of hydrogen-bond acceptors (Lipinski definition) is 3. The van der Waals surface area contributed by atoms with Gasteiger partial charge in [-0.25, -0.2) is 0 Å². The third-order valence-corrected chi connectivity index (χ3v) is 8.09. The van der Waals surface area contributed by atoms with Crippen LogP contribution in [0.15, 0.2) is 48.6 Å². The number of rotatable bonds is 33. The van der Waals surface area contributed by atoms with Crippen LogP contribution in [-0.4, -0.2) is 18.6 Å². The molecule has 0 rings (SSSR count). The lowest BCUT2D eigenvalue weighted by Gasteiger charge is -2.18. The first-order chi connectivity index (χ1) is 21.2. The highest BCUT2D eigenvalue weighted by molar-refractivity contribution is 5.69. The zero-order valence-electron chi connectivity index (χ0n) is 28.9. The molecule has 0 saturated carbocycles. The second-order valence-electron chi connectivity index (χ2n) is 12.4. The third kappa shape index (κ3) is 34.7. The Morgan fingerprint density at radius 3 is 1.28 bits per heavy atom. The maximum atomic E-state index is 12.2. The van der Waals surface area contributed by atoms with E-state index in [-0.39, 0.29) is 12.1 Å². The van der Waals surface area contributed by atoms with E-state index >= 15 is 0 Å². The molecule has 0 aromatic heterocycles. The van der Waals surface area contributed by atoms with Crippen molar-refractivity contribution in [3.05, 3.63) is 48.6 Å². The predicted molar refractivity (Wildman–Crippen MR) is 192 cm³/mol. The van der Waals surface area contributed by atoms with Gasteiger partial charge < -0.3 is 10.5 Å². The summed E-state index contributed by atoms with van der Waals surface area (Å²) in [5.74, 6) is -0.0573. The van der Waals surface area contributed by atoms with Crippen LogP contribution in [0.4, 0.5) is 0 Å². The van der Waals surface area contributed by atoms with Crippen molar-refractivity contribution in [3.63, 3.8) is 0 Å². The Kier molecular flexibility index (Phi) is 35.2. The lowest BCUT2D eigenvalue weighted by Crippen LogP contribution is -2.19. The van der Waals surface area contributed by atoms with Gasteiger partial charge in [0, 0.05) is 6.42 Å². The van der Waals surface area contributed by atoms with E-state index in [9.17, 15) is 4.79 Å². The molecule has 1 atom stereocenters. The molecule has 0 aliphatic rings. The van der Waals surface area contributed by atoms with Crippen molar-refractivity contribution in [1.82, 2.24) is 0 Å². The van der Waals surface area contributed by atoms with Crippen LogP contribution in [0.25, 0.3) is 0 Å². The van der Waals surface area contributed by atoms with Crippen LogP contribution < -0.4 is 5.73 Å². The van der Waals surface area contributed by atoms with Crippen molar-refractivity contribution >= 4 is 5.97 Å². The summed E-state index contributed by atoms with van der Waals surface area (Å²) in [4.78, 5) is 12.2. The van der Waals surface area contributed by atoms with Gasteiger partial charge in [-0.1, -0.05) is 133 Å². The lowest BCUT2D eigenvalue weighted by atomic mass is 10.0. The minimum absolute atomic E-state index is 0.0573. The molecular weight excluding hydrogens is 526 g/mol. The highest BCUT2D eigenvalue weighted by Gasteiger charge is 2.14. The number of nitrogens with two attached hydrogens (primary N) is 1. The molecule has 0 fully saturated rings. The van der Waals surface area contributed by atoms with Crippen LogP contribution in [0.2, 0.25) is 0 Å². The van der Waals surface area contributed by atoms with Gasteiger partial charge in [-0.2, -0.15) is 0 Å². The summed E-state index contributed by atoms with van der Waals surface area (Å²) in [5.41, 5.74) is 5.59. The largest absolute Gasteiger partial charge is 0.462 e. The van der Waals surface area contributed by atoms with Gasteiger partial charge in [-0.05, 0) is 103 Å². The van der Waals surface area contributed by atoms with E-state index in [2.05, 4.69) is 62.5 Å². The van der Waals surface area contributed by atoms with E-state index in [1.54, 1.807) is 0 Å². The van der Waals surface area contributed by atoms with Gasteiger partial charge in [-0.3, -0.25) is 4.79 Å². The van der Waals surface area contributed by atoms with Crippen molar-refractivity contribution < 1.29 is 9.53 Å². The zero-order chi connectivity index (χ0) is 31.3. The standard InChI is InChI=1S/C40H73NO2/c1-3-5-7-9-11-13-15-17-19-21-23-25-27-29-31-33-36-39(43-40(42)37-34-38-41)35-32-30-28-26-24-22-20-18-16-14-12-10-8-6-4-2/h11-14,17-20,39H,3-10,15-16,21-38,41H2,1-2H3/b13-11-,14-12-,19-17-,20-18-. The first-order valence-electron chi connectivity index (χ1n) is 18.7. The lowest BCUT2D eigenvalue weighted by molar-refractivity contribution is -0.150. The number of carbonyl (C=O) groups is 1. The molecule has 0 saturated heterocycles. The minimum atomic E-state index is -0.0573. The van der Waals surface area contributed by atoms with Gasteiger partial charge in [0.2, 0.25) is 0 Å². The first kappa shape index (κ1) is 41.4. The van der Waals surface area contributed by atoms with Crippen molar-refractivity contribution in [1.29, 1.82) is 0 Å². The highest BCUT2D eigenvalue weighted by Crippen LogP contribution is 2.18. The van der Waals surface area contributed by atoms with Crippen molar-refractivity contribution in [2.45, 2.75) is 193 Å². The number of carbonyl (C=O) groups excluding carboxylic acids is 1. The fraction of sp³-hybridized carbons (Fsp3) is 0.775. The van der Waals surface area contributed by atoms with E-state index in [1.165, 1.54) is 128 Å². The molecule has 0 spiro atoms. The molecule has 0 amide bonds. The topological polar surface area (TPSA) is 52.3 Å². The van der Waals surface area contributed by atoms with Gasteiger partial charge in [0.15, 0.2) is 0 Å².